The summed E-state index contributed by atoms with van der Waals surface area (Å²) < 4.78 is 25.8. The van der Waals surface area contributed by atoms with Crippen molar-refractivity contribution >= 4 is 34.8 Å². The molecule has 0 saturated carbocycles. The Labute approximate surface area is 177 Å². The second-order valence-corrected chi connectivity index (χ2v) is 7.03. The van der Waals surface area contributed by atoms with Crippen LogP contribution in [0.5, 0.6) is 11.5 Å². The predicted octanol–water partition coefficient (Wildman–Crippen LogP) is 5.00. The molecule has 1 amide bonds. The van der Waals surface area contributed by atoms with E-state index in [1.165, 1.54) is 18.2 Å². The monoisotopic (exact) mass is 437 g/mol. The highest BCUT2D eigenvalue weighted by Crippen LogP contribution is 2.27. The van der Waals surface area contributed by atoms with Crippen LogP contribution in [0.25, 0.3) is 0 Å². The molecule has 1 aromatic heterocycles. The van der Waals surface area contributed by atoms with E-state index < -0.39 is 0 Å². The van der Waals surface area contributed by atoms with Crippen LogP contribution in [0, 0.1) is 19.7 Å². The van der Waals surface area contributed by atoms with Gasteiger partial charge in [-0.1, -0.05) is 29.3 Å². The van der Waals surface area contributed by atoms with Crippen LogP contribution in [-0.2, 0) is 11.5 Å². The second kappa shape index (κ2) is 9.15. The van der Waals surface area contributed by atoms with Gasteiger partial charge in [0.2, 0.25) is 0 Å². The van der Waals surface area contributed by atoms with E-state index in [9.17, 15) is 9.18 Å². The quantitative estimate of drug-likeness (QED) is 0.564. The molecule has 0 radical (unpaired) electrons. The van der Waals surface area contributed by atoms with E-state index in [1.54, 1.807) is 42.8 Å². The number of hydrogen-bond acceptors (Lipinski definition) is 4. The molecule has 3 aromatic rings. The third-order valence-corrected chi connectivity index (χ3v) is 4.58. The largest absolute Gasteiger partial charge is 0.482 e. The van der Waals surface area contributed by atoms with Gasteiger partial charge in [-0.15, -0.1) is 0 Å². The number of nitrogens with zero attached hydrogens (tertiary/aromatic N) is 2. The number of carbonyl (C=O) groups excluding carboxylic acids is 1. The summed E-state index contributed by atoms with van der Waals surface area (Å²) in [6, 6.07) is 10.6. The predicted molar refractivity (Wildman–Crippen MR) is 109 cm³/mol. The van der Waals surface area contributed by atoms with Crippen molar-refractivity contribution in [3.05, 3.63) is 69.7 Å². The van der Waals surface area contributed by atoms with Crippen LogP contribution in [0.2, 0.25) is 10.0 Å². The summed E-state index contributed by atoms with van der Waals surface area (Å²) >= 11 is 11.9. The fourth-order valence-corrected chi connectivity index (χ4v) is 3.07. The maximum absolute atomic E-state index is 13.2. The number of amides is 1. The number of carbonyl (C=O) groups is 1. The summed E-state index contributed by atoms with van der Waals surface area (Å²) in [4.78, 5) is 12.3. The molecule has 0 aliphatic rings. The third kappa shape index (κ3) is 5.40. The van der Waals surface area contributed by atoms with Crippen molar-refractivity contribution in [2.75, 3.05) is 11.9 Å². The first-order chi connectivity index (χ1) is 13.8. The van der Waals surface area contributed by atoms with E-state index in [0.717, 1.165) is 0 Å². The van der Waals surface area contributed by atoms with Gasteiger partial charge >= 0.3 is 0 Å². The lowest BCUT2D eigenvalue weighted by Crippen LogP contribution is -2.21. The summed E-state index contributed by atoms with van der Waals surface area (Å²) in [5.74, 6) is -0.00680. The first-order valence-electron chi connectivity index (χ1n) is 8.63. The van der Waals surface area contributed by atoms with Crippen molar-refractivity contribution < 1.29 is 18.7 Å². The van der Waals surface area contributed by atoms with Crippen LogP contribution in [0.3, 0.4) is 0 Å². The number of rotatable bonds is 7. The van der Waals surface area contributed by atoms with Gasteiger partial charge in [0.1, 0.15) is 17.3 Å². The van der Waals surface area contributed by atoms with Crippen LogP contribution in [-0.4, -0.2) is 22.3 Å². The highest BCUT2D eigenvalue weighted by atomic mass is 35.5. The minimum absolute atomic E-state index is 0.0723. The lowest BCUT2D eigenvalue weighted by atomic mass is 10.3. The summed E-state index contributed by atoms with van der Waals surface area (Å²) in [7, 11) is 0. The zero-order chi connectivity index (χ0) is 21.0. The number of halogens is 3. The Morgan fingerprint density at radius 2 is 1.97 bits per heavy atom. The summed E-state index contributed by atoms with van der Waals surface area (Å²) in [6.45, 7) is 3.40. The van der Waals surface area contributed by atoms with Gasteiger partial charge in [-0.2, -0.15) is 5.10 Å². The first-order valence-corrected chi connectivity index (χ1v) is 9.39. The van der Waals surface area contributed by atoms with Crippen molar-refractivity contribution in [1.82, 2.24) is 9.78 Å². The molecule has 1 N–H and O–H groups in total. The van der Waals surface area contributed by atoms with Gasteiger partial charge in [-0.05, 0) is 44.2 Å². The molecule has 0 bridgehead atoms. The van der Waals surface area contributed by atoms with E-state index in [0.29, 0.717) is 38.6 Å². The summed E-state index contributed by atoms with van der Waals surface area (Å²) in [6.07, 6.45) is 0. The average Bonchev–Trinajstić information content (AvgIpc) is 2.93. The molecule has 3 rings (SSSR count). The zero-order valence-electron chi connectivity index (χ0n) is 15.7. The van der Waals surface area contributed by atoms with E-state index >= 15 is 0 Å². The number of nitrogens with one attached hydrogen (secondary N) is 1. The Hall–Kier alpha value is -2.77. The molecule has 152 valence electrons. The van der Waals surface area contributed by atoms with Crippen molar-refractivity contribution in [3.8, 4) is 11.5 Å². The normalized spacial score (nSPS) is 10.7. The molecule has 0 fully saturated rings. The van der Waals surface area contributed by atoms with Gasteiger partial charge in [0, 0.05) is 11.1 Å². The number of aromatic nitrogens is 2. The Morgan fingerprint density at radius 3 is 2.69 bits per heavy atom. The van der Waals surface area contributed by atoms with E-state index in [2.05, 4.69) is 10.4 Å². The molecule has 0 aliphatic carbocycles. The molecule has 6 nitrogen and oxygen atoms in total. The fourth-order valence-electron chi connectivity index (χ4n) is 2.61. The van der Waals surface area contributed by atoms with Crippen LogP contribution >= 0.6 is 23.2 Å². The maximum atomic E-state index is 13.2. The number of anilines is 1. The molecule has 9 heteroatoms. The highest BCUT2D eigenvalue weighted by molar-refractivity contribution is 6.35. The number of benzene rings is 2. The van der Waals surface area contributed by atoms with Gasteiger partial charge < -0.3 is 14.8 Å². The third-order valence-electron chi connectivity index (χ3n) is 4.05. The second-order valence-electron chi connectivity index (χ2n) is 6.19. The molecular formula is C20H18Cl2FN3O3. The topological polar surface area (TPSA) is 65.4 Å². The standard InChI is InChI=1S/C20H18Cl2FN3O3/c1-12-20(24-19(27)10-28-18-7-6-14(21)8-17(18)22)13(2)26(25-12)11-29-16-5-3-4-15(23)9-16/h3-9H,10-11H2,1-2H3,(H,24,27). The van der Waals surface area contributed by atoms with Gasteiger partial charge in [-0.25, -0.2) is 9.07 Å². The molecule has 1 heterocycles. The van der Waals surface area contributed by atoms with Crippen LogP contribution in [0.1, 0.15) is 11.4 Å². The Balaban J connectivity index is 1.61. The van der Waals surface area contributed by atoms with Crippen molar-refractivity contribution in [1.29, 1.82) is 0 Å². The van der Waals surface area contributed by atoms with Gasteiger partial charge in [0.05, 0.1) is 22.1 Å². The Kier molecular flexibility index (Phi) is 6.61. The number of ether oxygens (including phenoxy) is 2. The lowest BCUT2D eigenvalue weighted by molar-refractivity contribution is -0.118. The fraction of sp³-hybridized carbons (Fsp3) is 0.200. The van der Waals surface area contributed by atoms with Crippen LogP contribution < -0.4 is 14.8 Å². The minimum atomic E-state index is -0.385. The van der Waals surface area contributed by atoms with Crippen LogP contribution in [0.15, 0.2) is 42.5 Å². The smallest absolute Gasteiger partial charge is 0.262 e. The molecule has 0 atom stereocenters. The SMILES string of the molecule is Cc1nn(COc2cccc(F)c2)c(C)c1NC(=O)COc1ccc(Cl)cc1Cl. The molecular weight excluding hydrogens is 420 g/mol. The van der Waals surface area contributed by atoms with E-state index in [-0.39, 0.29) is 25.1 Å². The molecule has 2 aromatic carbocycles. The van der Waals surface area contributed by atoms with Crippen molar-refractivity contribution in [2.24, 2.45) is 0 Å². The van der Waals surface area contributed by atoms with E-state index in [1.807, 2.05) is 0 Å². The highest BCUT2D eigenvalue weighted by Gasteiger charge is 2.15. The number of aryl methyl sites for hydroxylation is 1. The number of hydrogen-bond donors (Lipinski definition) is 1. The summed E-state index contributed by atoms with van der Waals surface area (Å²) in [5.41, 5.74) is 1.86. The lowest BCUT2D eigenvalue weighted by Gasteiger charge is -2.10. The van der Waals surface area contributed by atoms with Crippen molar-refractivity contribution in [3.63, 3.8) is 0 Å². The van der Waals surface area contributed by atoms with Gasteiger partial charge in [-0.3, -0.25) is 4.79 Å². The zero-order valence-corrected chi connectivity index (χ0v) is 17.2. The average molecular weight is 438 g/mol. The molecule has 0 unspecified atom stereocenters. The summed E-state index contributed by atoms with van der Waals surface area (Å²) in [5, 5.41) is 7.92. The van der Waals surface area contributed by atoms with Gasteiger partial charge in [0.25, 0.3) is 5.91 Å². The molecule has 29 heavy (non-hydrogen) atoms. The van der Waals surface area contributed by atoms with E-state index in [4.69, 9.17) is 32.7 Å². The maximum Gasteiger partial charge on any atom is 0.262 e. The Morgan fingerprint density at radius 1 is 1.17 bits per heavy atom. The van der Waals surface area contributed by atoms with Crippen LogP contribution in [0.4, 0.5) is 10.1 Å². The Bertz CT molecular complexity index is 1040. The first kappa shape index (κ1) is 21.0. The molecule has 0 aliphatic heterocycles. The van der Waals surface area contributed by atoms with Crippen molar-refractivity contribution in [2.45, 2.75) is 20.6 Å². The molecule has 0 saturated heterocycles. The molecule has 0 spiro atoms. The minimum Gasteiger partial charge on any atom is -0.482 e. The van der Waals surface area contributed by atoms with Gasteiger partial charge in [0.15, 0.2) is 13.3 Å².